The van der Waals surface area contributed by atoms with Crippen LogP contribution in [0, 0.1) is 0 Å². The minimum absolute atomic E-state index is 0.0150. The van der Waals surface area contributed by atoms with E-state index in [2.05, 4.69) is 5.32 Å². The van der Waals surface area contributed by atoms with Crippen molar-refractivity contribution in [1.29, 1.82) is 0 Å². The van der Waals surface area contributed by atoms with Gasteiger partial charge in [-0.2, -0.15) is 0 Å². The van der Waals surface area contributed by atoms with E-state index >= 15 is 0 Å². The minimum atomic E-state index is -0.234. The standard InChI is InChI=1S/C10H12ClNO2/c1-6-9(5-13)14-10-7(11)3-2-4-8(10)12-6/h2-4,6,9,12-13H,5H2,1H3. The van der Waals surface area contributed by atoms with Gasteiger partial charge in [0.15, 0.2) is 5.75 Å². The summed E-state index contributed by atoms with van der Waals surface area (Å²) in [5.74, 6) is 0.631. The molecule has 0 aromatic heterocycles. The lowest BCUT2D eigenvalue weighted by Crippen LogP contribution is -2.41. The summed E-state index contributed by atoms with van der Waals surface area (Å²) < 4.78 is 5.58. The van der Waals surface area contributed by atoms with Crippen LogP contribution in [0.25, 0.3) is 0 Å². The first-order valence-electron chi connectivity index (χ1n) is 4.55. The third kappa shape index (κ3) is 1.53. The molecule has 0 aliphatic carbocycles. The zero-order valence-corrected chi connectivity index (χ0v) is 8.58. The maximum absolute atomic E-state index is 9.07. The molecule has 1 heterocycles. The Kier molecular flexibility index (Phi) is 2.52. The van der Waals surface area contributed by atoms with Crippen LogP contribution in [0.3, 0.4) is 0 Å². The number of anilines is 1. The van der Waals surface area contributed by atoms with E-state index in [1.807, 2.05) is 19.1 Å². The molecule has 2 N–H and O–H groups in total. The lowest BCUT2D eigenvalue weighted by atomic mass is 10.1. The fourth-order valence-electron chi connectivity index (χ4n) is 1.53. The van der Waals surface area contributed by atoms with Gasteiger partial charge in [0.2, 0.25) is 0 Å². The summed E-state index contributed by atoms with van der Waals surface area (Å²) in [6, 6.07) is 5.63. The Morgan fingerprint density at radius 3 is 3.07 bits per heavy atom. The molecular weight excluding hydrogens is 202 g/mol. The number of aliphatic hydroxyl groups excluding tert-OH is 1. The number of fused-ring (bicyclic) bond motifs is 1. The van der Waals surface area contributed by atoms with Gasteiger partial charge in [-0.15, -0.1) is 0 Å². The lowest BCUT2D eigenvalue weighted by molar-refractivity contribution is 0.0979. The summed E-state index contributed by atoms with van der Waals surface area (Å²) in [7, 11) is 0. The van der Waals surface area contributed by atoms with Gasteiger partial charge in [0.25, 0.3) is 0 Å². The first-order chi connectivity index (χ1) is 6.72. The van der Waals surface area contributed by atoms with Crippen LogP contribution in [-0.4, -0.2) is 23.9 Å². The van der Waals surface area contributed by atoms with E-state index in [9.17, 15) is 0 Å². The van der Waals surface area contributed by atoms with Crippen molar-refractivity contribution >= 4 is 17.3 Å². The summed E-state index contributed by atoms with van der Waals surface area (Å²) in [6.07, 6.45) is -0.234. The SMILES string of the molecule is CC1Nc2cccc(Cl)c2OC1CO. The molecule has 2 rings (SSSR count). The monoisotopic (exact) mass is 213 g/mol. The highest BCUT2D eigenvalue weighted by molar-refractivity contribution is 6.32. The fraction of sp³-hybridized carbons (Fsp3) is 0.400. The molecular formula is C10H12ClNO2. The summed E-state index contributed by atoms with van der Waals surface area (Å²) in [6.45, 7) is 1.95. The van der Waals surface area contributed by atoms with Crippen molar-refractivity contribution in [2.24, 2.45) is 0 Å². The molecule has 3 nitrogen and oxygen atoms in total. The van der Waals surface area contributed by atoms with Crippen LogP contribution in [0.5, 0.6) is 5.75 Å². The van der Waals surface area contributed by atoms with Crippen molar-refractivity contribution in [3.63, 3.8) is 0 Å². The molecule has 1 aromatic rings. The van der Waals surface area contributed by atoms with Crippen LogP contribution in [0.2, 0.25) is 5.02 Å². The van der Waals surface area contributed by atoms with Gasteiger partial charge >= 0.3 is 0 Å². The molecule has 0 fully saturated rings. The predicted octanol–water partition coefficient (Wildman–Crippen LogP) is 1.89. The van der Waals surface area contributed by atoms with E-state index in [0.29, 0.717) is 10.8 Å². The Labute approximate surface area is 87.6 Å². The molecule has 2 unspecified atom stereocenters. The number of aliphatic hydroxyl groups is 1. The van der Waals surface area contributed by atoms with Crippen molar-refractivity contribution in [2.45, 2.75) is 19.1 Å². The number of halogens is 1. The number of hydrogen-bond acceptors (Lipinski definition) is 3. The average molecular weight is 214 g/mol. The van der Waals surface area contributed by atoms with Crippen molar-refractivity contribution < 1.29 is 9.84 Å². The van der Waals surface area contributed by atoms with E-state index in [4.69, 9.17) is 21.4 Å². The maximum Gasteiger partial charge on any atom is 0.161 e. The number of rotatable bonds is 1. The van der Waals surface area contributed by atoms with Gasteiger partial charge in [-0.1, -0.05) is 17.7 Å². The van der Waals surface area contributed by atoms with Crippen molar-refractivity contribution in [3.05, 3.63) is 23.2 Å². The zero-order valence-electron chi connectivity index (χ0n) is 7.83. The van der Waals surface area contributed by atoms with E-state index < -0.39 is 0 Å². The zero-order chi connectivity index (χ0) is 10.1. The Balaban J connectivity index is 2.36. The summed E-state index contributed by atoms with van der Waals surface area (Å²) in [5, 5.41) is 12.9. The Morgan fingerprint density at radius 2 is 2.36 bits per heavy atom. The molecule has 76 valence electrons. The van der Waals surface area contributed by atoms with E-state index in [1.165, 1.54) is 0 Å². The summed E-state index contributed by atoms with van der Waals surface area (Å²) >= 11 is 5.97. The van der Waals surface area contributed by atoms with Crippen LogP contribution < -0.4 is 10.1 Å². The van der Waals surface area contributed by atoms with E-state index in [-0.39, 0.29) is 18.8 Å². The molecule has 1 aliphatic rings. The summed E-state index contributed by atoms with van der Waals surface area (Å²) in [5.41, 5.74) is 0.884. The molecule has 0 saturated carbocycles. The number of benzene rings is 1. The van der Waals surface area contributed by atoms with Gasteiger partial charge in [0, 0.05) is 0 Å². The lowest BCUT2D eigenvalue weighted by Gasteiger charge is -2.32. The van der Waals surface area contributed by atoms with Gasteiger partial charge in [-0.25, -0.2) is 0 Å². The molecule has 0 saturated heterocycles. The third-order valence-electron chi connectivity index (χ3n) is 2.36. The second kappa shape index (κ2) is 3.67. The highest BCUT2D eigenvalue weighted by Crippen LogP contribution is 2.37. The molecule has 2 atom stereocenters. The van der Waals surface area contributed by atoms with Crippen LogP contribution in [0.4, 0.5) is 5.69 Å². The third-order valence-corrected chi connectivity index (χ3v) is 2.65. The van der Waals surface area contributed by atoms with Gasteiger partial charge in [0.1, 0.15) is 6.10 Å². The van der Waals surface area contributed by atoms with Crippen molar-refractivity contribution in [3.8, 4) is 5.75 Å². The first kappa shape index (κ1) is 9.62. The minimum Gasteiger partial charge on any atom is -0.482 e. The highest BCUT2D eigenvalue weighted by Gasteiger charge is 2.26. The molecule has 0 bridgehead atoms. The Morgan fingerprint density at radius 1 is 1.57 bits per heavy atom. The smallest absolute Gasteiger partial charge is 0.161 e. The van der Waals surface area contributed by atoms with Gasteiger partial charge in [0.05, 0.1) is 23.4 Å². The van der Waals surface area contributed by atoms with Gasteiger partial charge < -0.3 is 15.2 Å². The molecule has 0 spiro atoms. The van der Waals surface area contributed by atoms with Crippen molar-refractivity contribution in [1.82, 2.24) is 0 Å². The number of para-hydroxylation sites is 1. The number of nitrogens with one attached hydrogen (secondary N) is 1. The Hall–Kier alpha value is -0.930. The molecule has 1 aromatic carbocycles. The quantitative estimate of drug-likeness (QED) is 0.749. The van der Waals surface area contributed by atoms with Crippen LogP contribution in [-0.2, 0) is 0 Å². The van der Waals surface area contributed by atoms with E-state index in [0.717, 1.165) is 5.69 Å². The number of ether oxygens (including phenoxy) is 1. The maximum atomic E-state index is 9.07. The van der Waals surface area contributed by atoms with Gasteiger partial charge in [-0.05, 0) is 19.1 Å². The predicted molar refractivity (Wildman–Crippen MR) is 56.0 cm³/mol. The fourth-order valence-corrected chi connectivity index (χ4v) is 1.75. The van der Waals surface area contributed by atoms with Crippen LogP contribution >= 0.6 is 11.6 Å². The topological polar surface area (TPSA) is 41.5 Å². The molecule has 0 amide bonds. The second-order valence-electron chi connectivity index (χ2n) is 3.39. The summed E-state index contributed by atoms with van der Waals surface area (Å²) in [4.78, 5) is 0. The van der Waals surface area contributed by atoms with Crippen LogP contribution in [0.1, 0.15) is 6.92 Å². The second-order valence-corrected chi connectivity index (χ2v) is 3.80. The molecule has 0 radical (unpaired) electrons. The Bertz CT molecular complexity index is 343. The normalized spacial score (nSPS) is 24.8. The first-order valence-corrected chi connectivity index (χ1v) is 4.92. The van der Waals surface area contributed by atoms with E-state index in [1.54, 1.807) is 6.07 Å². The van der Waals surface area contributed by atoms with Gasteiger partial charge in [-0.3, -0.25) is 0 Å². The molecule has 1 aliphatic heterocycles. The van der Waals surface area contributed by atoms with Crippen LogP contribution in [0.15, 0.2) is 18.2 Å². The molecule has 14 heavy (non-hydrogen) atoms. The highest BCUT2D eigenvalue weighted by atomic mass is 35.5. The van der Waals surface area contributed by atoms with Crippen molar-refractivity contribution in [2.75, 3.05) is 11.9 Å². The largest absolute Gasteiger partial charge is 0.482 e. The average Bonchev–Trinajstić information content (AvgIpc) is 2.17. The number of hydrogen-bond donors (Lipinski definition) is 2. The molecule has 4 heteroatoms.